The molecule has 0 unspecified atom stereocenters. The van der Waals surface area contributed by atoms with Crippen LogP contribution in [0.15, 0.2) is 18.5 Å². The molecule has 0 aliphatic carbocycles. The normalized spacial score (nSPS) is 18.8. The molecule has 1 atom stereocenters. The summed E-state index contributed by atoms with van der Waals surface area (Å²) >= 11 is 0. The first-order valence-electron chi connectivity index (χ1n) is 8.85. The van der Waals surface area contributed by atoms with Gasteiger partial charge in [0, 0.05) is 45.1 Å². The van der Waals surface area contributed by atoms with E-state index in [9.17, 15) is 0 Å². The van der Waals surface area contributed by atoms with Crippen molar-refractivity contribution in [3.05, 3.63) is 35.4 Å². The van der Waals surface area contributed by atoms with Gasteiger partial charge < -0.3 is 4.90 Å². The molecule has 0 amide bonds. The highest BCUT2D eigenvalue weighted by Gasteiger charge is 2.26. The van der Waals surface area contributed by atoms with Crippen LogP contribution in [0, 0.1) is 6.92 Å². The number of aryl methyl sites for hydroxylation is 2. The van der Waals surface area contributed by atoms with E-state index in [-0.39, 0.29) is 0 Å². The maximum absolute atomic E-state index is 4.78. The van der Waals surface area contributed by atoms with E-state index in [1.54, 1.807) is 0 Å². The van der Waals surface area contributed by atoms with Crippen LogP contribution in [0.1, 0.15) is 49.2 Å². The second-order valence-corrected chi connectivity index (χ2v) is 6.75. The maximum atomic E-state index is 4.78. The van der Waals surface area contributed by atoms with E-state index >= 15 is 0 Å². The molecule has 0 radical (unpaired) electrons. The van der Waals surface area contributed by atoms with Crippen molar-refractivity contribution in [2.24, 2.45) is 0 Å². The minimum Gasteiger partial charge on any atom is -0.347 e. The van der Waals surface area contributed by atoms with Crippen molar-refractivity contribution in [1.29, 1.82) is 0 Å². The lowest BCUT2D eigenvalue weighted by Gasteiger charge is -2.35. The Hall–Kier alpha value is -1.95. The Labute approximate surface area is 144 Å². The van der Waals surface area contributed by atoms with Crippen molar-refractivity contribution in [3.63, 3.8) is 0 Å². The van der Waals surface area contributed by atoms with Crippen LogP contribution < -0.4 is 4.90 Å². The average Bonchev–Trinajstić information content (AvgIpc) is 2.95. The molecule has 1 fully saturated rings. The highest BCUT2D eigenvalue weighted by molar-refractivity contribution is 5.28. The van der Waals surface area contributed by atoms with E-state index in [1.165, 1.54) is 18.4 Å². The third-order valence-electron chi connectivity index (χ3n) is 4.76. The van der Waals surface area contributed by atoms with Crippen LogP contribution in [-0.4, -0.2) is 45.3 Å². The first-order chi connectivity index (χ1) is 11.6. The highest BCUT2D eigenvalue weighted by Crippen LogP contribution is 2.31. The molecule has 1 aliphatic rings. The Morgan fingerprint density at radius 2 is 2.12 bits per heavy atom. The summed E-state index contributed by atoms with van der Waals surface area (Å²) in [6.45, 7) is 7.21. The van der Waals surface area contributed by atoms with Crippen molar-refractivity contribution in [1.82, 2.24) is 24.6 Å². The van der Waals surface area contributed by atoms with Crippen LogP contribution in [0.4, 0.5) is 5.95 Å². The molecule has 3 rings (SSSR count). The van der Waals surface area contributed by atoms with Gasteiger partial charge in [-0.25, -0.2) is 9.97 Å². The zero-order valence-electron chi connectivity index (χ0n) is 15.2. The van der Waals surface area contributed by atoms with E-state index in [0.29, 0.717) is 6.04 Å². The van der Waals surface area contributed by atoms with Gasteiger partial charge in [-0.2, -0.15) is 5.10 Å². The summed E-state index contributed by atoms with van der Waals surface area (Å²) in [6.07, 6.45) is 7.74. The second-order valence-electron chi connectivity index (χ2n) is 6.75. The molecule has 6 nitrogen and oxygen atoms in total. The van der Waals surface area contributed by atoms with Gasteiger partial charge in [-0.05, 0) is 39.3 Å². The number of aromatic nitrogens is 4. The van der Waals surface area contributed by atoms with Gasteiger partial charge in [0.05, 0.1) is 17.4 Å². The van der Waals surface area contributed by atoms with Gasteiger partial charge in [-0.1, -0.05) is 6.42 Å². The van der Waals surface area contributed by atoms with E-state index in [2.05, 4.69) is 41.1 Å². The van der Waals surface area contributed by atoms with Crippen LogP contribution in [0.2, 0.25) is 0 Å². The molecule has 2 aromatic heterocycles. The van der Waals surface area contributed by atoms with Crippen LogP contribution >= 0.6 is 0 Å². The lowest BCUT2D eigenvalue weighted by Crippen LogP contribution is -2.33. The van der Waals surface area contributed by atoms with Crippen LogP contribution in [0.3, 0.4) is 0 Å². The lowest BCUT2D eigenvalue weighted by molar-refractivity contribution is 0.137. The monoisotopic (exact) mass is 328 g/mol. The molecule has 0 saturated carbocycles. The number of likely N-dealkylation sites (tertiary alicyclic amines) is 1. The fourth-order valence-electron chi connectivity index (χ4n) is 3.37. The maximum Gasteiger partial charge on any atom is 0.225 e. The Balaban J connectivity index is 1.83. The Kier molecular flexibility index (Phi) is 5.14. The molecule has 3 heterocycles. The van der Waals surface area contributed by atoms with Crippen molar-refractivity contribution in [2.75, 3.05) is 25.5 Å². The molecule has 1 saturated heterocycles. The molecule has 0 aromatic carbocycles. The second kappa shape index (κ2) is 7.30. The molecular formula is C18H28N6. The van der Waals surface area contributed by atoms with Crippen molar-refractivity contribution >= 4 is 5.95 Å². The summed E-state index contributed by atoms with van der Waals surface area (Å²) in [5.74, 6) is 0.785. The summed E-state index contributed by atoms with van der Waals surface area (Å²) in [5, 5.41) is 4.59. The fraction of sp³-hybridized carbons (Fsp3) is 0.611. The summed E-state index contributed by atoms with van der Waals surface area (Å²) in [4.78, 5) is 13.7. The number of piperidine rings is 1. The van der Waals surface area contributed by atoms with E-state index in [0.717, 1.165) is 43.4 Å². The SMILES string of the molecule is CCn1cc(CN2CCCC[C@@H]2c2ccnc(N(C)C)n2)c(C)n1. The van der Waals surface area contributed by atoms with E-state index < -0.39 is 0 Å². The van der Waals surface area contributed by atoms with Crippen molar-refractivity contribution in [2.45, 2.75) is 52.2 Å². The number of hydrogen-bond acceptors (Lipinski definition) is 5. The summed E-state index contributed by atoms with van der Waals surface area (Å²) in [6, 6.07) is 2.43. The largest absolute Gasteiger partial charge is 0.347 e. The molecule has 6 heteroatoms. The summed E-state index contributed by atoms with van der Waals surface area (Å²) in [5.41, 5.74) is 3.59. The van der Waals surface area contributed by atoms with Crippen LogP contribution in [-0.2, 0) is 13.1 Å². The average molecular weight is 328 g/mol. The minimum absolute atomic E-state index is 0.366. The van der Waals surface area contributed by atoms with Gasteiger partial charge >= 0.3 is 0 Å². The standard InChI is InChI=1S/C18H28N6/c1-5-24-13-15(14(2)21-24)12-23-11-7-6-8-17(23)16-9-10-19-18(20-16)22(3)4/h9-10,13,17H,5-8,11-12H2,1-4H3/t17-/m1/s1. The Morgan fingerprint density at radius 1 is 1.29 bits per heavy atom. The quantitative estimate of drug-likeness (QED) is 0.845. The van der Waals surface area contributed by atoms with Gasteiger partial charge in [0.1, 0.15) is 0 Å². The number of rotatable bonds is 5. The van der Waals surface area contributed by atoms with Gasteiger partial charge in [-0.15, -0.1) is 0 Å². The van der Waals surface area contributed by atoms with Gasteiger partial charge in [-0.3, -0.25) is 9.58 Å². The predicted octanol–water partition coefficient (Wildman–Crippen LogP) is 2.79. The fourth-order valence-corrected chi connectivity index (χ4v) is 3.37. The number of hydrogen-bond donors (Lipinski definition) is 0. The van der Waals surface area contributed by atoms with Gasteiger partial charge in [0.2, 0.25) is 5.95 Å². The minimum atomic E-state index is 0.366. The smallest absolute Gasteiger partial charge is 0.225 e. The van der Waals surface area contributed by atoms with Gasteiger partial charge in [0.15, 0.2) is 0 Å². The predicted molar refractivity (Wildman–Crippen MR) is 96.0 cm³/mol. The lowest BCUT2D eigenvalue weighted by atomic mass is 9.98. The third-order valence-corrected chi connectivity index (χ3v) is 4.76. The number of nitrogens with zero attached hydrogens (tertiary/aromatic N) is 6. The molecule has 0 spiro atoms. The molecule has 0 N–H and O–H groups in total. The van der Waals surface area contributed by atoms with Crippen molar-refractivity contribution < 1.29 is 0 Å². The first kappa shape index (κ1) is 16.9. The summed E-state index contributed by atoms with van der Waals surface area (Å²) in [7, 11) is 3.97. The van der Waals surface area contributed by atoms with Crippen LogP contribution in [0.5, 0.6) is 0 Å². The molecular weight excluding hydrogens is 300 g/mol. The topological polar surface area (TPSA) is 50.1 Å². The first-order valence-corrected chi connectivity index (χ1v) is 8.85. The zero-order chi connectivity index (χ0) is 17.1. The molecule has 2 aromatic rings. The van der Waals surface area contributed by atoms with E-state index in [1.807, 2.05) is 29.9 Å². The Morgan fingerprint density at radius 3 is 2.83 bits per heavy atom. The molecule has 1 aliphatic heterocycles. The summed E-state index contributed by atoms with van der Waals surface area (Å²) < 4.78 is 2.03. The molecule has 0 bridgehead atoms. The number of anilines is 1. The Bertz CT molecular complexity index is 678. The van der Waals surface area contributed by atoms with Crippen molar-refractivity contribution in [3.8, 4) is 0 Å². The van der Waals surface area contributed by atoms with Crippen LogP contribution in [0.25, 0.3) is 0 Å². The third kappa shape index (κ3) is 3.59. The highest BCUT2D eigenvalue weighted by atomic mass is 15.3. The molecule has 24 heavy (non-hydrogen) atoms. The van der Waals surface area contributed by atoms with Gasteiger partial charge in [0.25, 0.3) is 0 Å². The van der Waals surface area contributed by atoms with E-state index in [4.69, 9.17) is 4.98 Å². The zero-order valence-corrected chi connectivity index (χ0v) is 15.2. The molecule has 130 valence electrons.